The van der Waals surface area contributed by atoms with Crippen molar-refractivity contribution >= 4 is 21.6 Å². The van der Waals surface area contributed by atoms with Gasteiger partial charge in [-0.05, 0) is 32.0 Å². The molecule has 0 spiro atoms. The van der Waals surface area contributed by atoms with Crippen molar-refractivity contribution in [2.75, 3.05) is 18.5 Å². The molecular weight excluding hydrogens is 270 g/mol. The fourth-order valence-electron chi connectivity index (χ4n) is 1.70. The molecule has 0 radical (unpaired) electrons. The van der Waals surface area contributed by atoms with Crippen molar-refractivity contribution in [3.8, 4) is 0 Å². The number of nitrogens with zero attached hydrogens (tertiary/aromatic N) is 1. The summed E-state index contributed by atoms with van der Waals surface area (Å²) < 4.78 is 0.942. The third kappa shape index (κ3) is 3.47. The van der Waals surface area contributed by atoms with Gasteiger partial charge in [-0.25, -0.2) is 0 Å². The van der Waals surface area contributed by atoms with Crippen LogP contribution in [0.15, 0.2) is 22.7 Å². The summed E-state index contributed by atoms with van der Waals surface area (Å²) in [6.07, 6.45) is -0.917. The van der Waals surface area contributed by atoms with E-state index in [4.69, 9.17) is 0 Å². The second-order valence-electron chi connectivity index (χ2n) is 4.11. The van der Waals surface area contributed by atoms with Gasteiger partial charge in [-0.3, -0.25) is 0 Å². The number of hydrogen-bond donors (Lipinski definition) is 2. The zero-order chi connectivity index (χ0) is 12.3. The van der Waals surface area contributed by atoms with Crippen LogP contribution in [0.4, 0.5) is 5.69 Å². The SMILES string of the molecule is CC(O)CN(C)c1ccc(Br)cc1C(C)O. The van der Waals surface area contributed by atoms with Crippen LogP contribution in [0.2, 0.25) is 0 Å². The average molecular weight is 288 g/mol. The first-order chi connectivity index (χ1) is 7.41. The van der Waals surface area contributed by atoms with Crippen molar-refractivity contribution in [2.24, 2.45) is 0 Å². The van der Waals surface area contributed by atoms with Gasteiger partial charge in [0.15, 0.2) is 0 Å². The van der Waals surface area contributed by atoms with Crippen molar-refractivity contribution in [3.63, 3.8) is 0 Å². The Bertz CT molecular complexity index is 353. The third-order valence-corrected chi connectivity index (χ3v) is 2.88. The minimum absolute atomic E-state index is 0.393. The van der Waals surface area contributed by atoms with Gasteiger partial charge < -0.3 is 15.1 Å². The van der Waals surface area contributed by atoms with E-state index in [2.05, 4.69) is 15.9 Å². The lowest BCUT2D eigenvalue weighted by atomic mass is 10.1. The third-order valence-electron chi connectivity index (χ3n) is 2.39. The quantitative estimate of drug-likeness (QED) is 0.893. The molecular formula is C12H18BrNO2. The Kier molecular flexibility index (Phi) is 4.77. The fourth-order valence-corrected chi connectivity index (χ4v) is 2.08. The molecule has 1 rings (SSSR count). The highest BCUT2D eigenvalue weighted by atomic mass is 79.9. The summed E-state index contributed by atoms with van der Waals surface area (Å²) in [6.45, 7) is 4.03. The molecule has 0 fully saturated rings. The summed E-state index contributed by atoms with van der Waals surface area (Å²) in [6, 6.07) is 5.77. The number of aliphatic hydroxyl groups is 2. The first kappa shape index (κ1) is 13.5. The van der Waals surface area contributed by atoms with E-state index in [9.17, 15) is 10.2 Å². The minimum Gasteiger partial charge on any atom is -0.392 e. The summed E-state index contributed by atoms with van der Waals surface area (Å²) in [7, 11) is 1.90. The van der Waals surface area contributed by atoms with Gasteiger partial charge in [0, 0.05) is 29.3 Å². The molecule has 16 heavy (non-hydrogen) atoms. The molecule has 0 saturated carbocycles. The Morgan fingerprint density at radius 1 is 1.31 bits per heavy atom. The smallest absolute Gasteiger partial charge is 0.0782 e. The van der Waals surface area contributed by atoms with Gasteiger partial charge in [0.2, 0.25) is 0 Å². The first-order valence-electron chi connectivity index (χ1n) is 5.28. The fraction of sp³-hybridized carbons (Fsp3) is 0.500. The summed E-state index contributed by atoms with van der Waals surface area (Å²) in [5.74, 6) is 0. The van der Waals surface area contributed by atoms with E-state index in [0.29, 0.717) is 6.54 Å². The molecule has 0 heterocycles. The number of aliphatic hydroxyl groups excluding tert-OH is 2. The Labute approximate surface area is 105 Å². The molecule has 1 aromatic rings. The van der Waals surface area contributed by atoms with Crippen molar-refractivity contribution in [1.29, 1.82) is 0 Å². The Balaban J connectivity index is 3.02. The number of likely N-dealkylation sites (N-methyl/N-ethyl adjacent to an activating group) is 1. The molecule has 0 bridgehead atoms. The van der Waals surface area contributed by atoms with Gasteiger partial charge in [-0.15, -0.1) is 0 Å². The van der Waals surface area contributed by atoms with Crippen LogP contribution >= 0.6 is 15.9 Å². The maximum absolute atomic E-state index is 9.70. The van der Waals surface area contributed by atoms with E-state index in [1.165, 1.54) is 0 Å². The topological polar surface area (TPSA) is 43.7 Å². The van der Waals surface area contributed by atoms with Crippen LogP contribution in [0, 0.1) is 0 Å². The lowest BCUT2D eigenvalue weighted by Gasteiger charge is -2.25. The molecule has 0 aliphatic carbocycles. The number of anilines is 1. The highest BCUT2D eigenvalue weighted by molar-refractivity contribution is 9.10. The molecule has 1 aromatic carbocycles. The highest BCUT2D eigenvalue weighted by Crippen LogP contribution is 2.28. The Morgan fingerprint density at radius 2 is 1.94 bits per heavy atom. The molecule has 0 saturated heterocycles. The van der Waals surface area contributed by atoms with Gasteiger partial charge in [-0.1, -0.05) is 15.9 Å². The molecule has 0 aliphatic rings. The second-order valence-corrected chi connectivity index (χ2v) is 5.02. The van der Waals surface area contributed by atoms with E-state index < -0.39 is 12.2 Å². The van der Waals surface area contributed by atoms with E-state index >= 15 is 0 Å². The van der Waals surface area contributed by atoms with Crippen LogP contribution in [0.25, 0.3) is 0 Å². The van der Waals surface area contributed by atoms with Crippen molar-refractivity contribution in [3.05, 3.63) is 28.2 Å². The number of benzene rings is 1. The second kappa shape index (κ2) is 5.66. The van der Waals surface area contributed by atoms with Crippen LogP contribution in [0.1, 0.15) is 25.5 Å². The Morgan fingerprint density at radius 3 is 2.44 bits per heavy atom. The van der Waals surface area contributed by atoms with Gasteiger partial charge >= 0.3 is 0 Å². The van der Waals surface area contributed by atoms with Gasteiger partial charge in [-0.2, -0.15) is 0 Å². The van der Waals surface area contributed by atoms with Gasteiger partial charge in [0.05, 0.1) is 12.2 Å². The van der Waals surface area contributed by atoms with Crippen LogP contribution in [0.3, 0.4) is 0 Å². The summed E-state index contributed by atoms with van der Waals surface area (Å²) >= 11 is 3.39. The summed E-state index contributed by atoms with van der Waals surface area (Å²) in [4.78, 5) is 1.94. The summed E-state index contributed by atoms with van der Waals surface area (Å²) in [5, 5.41) is 19.1. The standard InChI is InChI=1S/C12H18BrNO2/c1-8(15)7-14(3)12-5-4-10(13)6-11(12)9(2)16/h4-6,8-9,15-16H,7H2,1-3H3. The minimum atomic E-state index is -0.524. The Hall–Kier alpha value is -0.580. The van der Waals surface area contributed by atoms with E-state index in [1.807, 2.05) is 30.1 Å². The van der Waals surface area contributed by atoms with Crippen molar-refractivity contribution in [1.82, 2.24) is 0 Å². The molecule has 2 unspecified atom stereocenters. The lowest BCUT2D eigenvalue weighted by Crippen LogP contribution is -2.27. The zero-order valence-electron chi connectivity index (χ0n) is 9.81. The van der Waals surface area contributed by atoms with E-state index in [1.54, 1.807) is 13.8 Å². The molecule has 3 nitrogen and oxygen atoms in total. The van der Waals surface area contributed by atoms with Crippen LogP contribution < -0.4 is 4.90 Å². The predicted molar refractivity (Wildman–Crippen MR) is 69.7 cm³/mol. The van der Waals surface area contributed by atoms with Crippen molar-refractivity contribution < 1.29 is 10.2 Å². The average Bonchev–Trinajstić information content (AvgIpc) is 2.16. The largest absolute Gasteiger partial charge is 0.392 e. The molecule has 4 heteroatoms. The van der Waals surface area contributed by atoms with Crippen molar-refractivity contribution in [2.45, 2.75) is 26.1 Å². The van der Waals surface area contributed by atoms with Gasteiger partial charge in [0.25, 0.3) is 0 Å². The molecule has 0 aromatic heterocycles. The lowest BCUT2D eigenvalue weighted by molar-refractivity contribution is 0.195. The highest BCUT2D eigenvalue weighted by Gasteiger charge is 2.13. The van der Waals surface area contributed by atoms with Crippen LogP contribution in [0.5, 0.6) is 0 Å². The van der Waals surface area contributed by atoms with Gasteiger partial charge in [0.1, 0.15) is 0 Å². The monoisotopic (exact) mass is 287 g/mol. The normalized spacial score (nSPS) is 14.6. The van der Waals surface area contributed by atoms with E-state index in [-0.39, 0.29) is 0 Å². The van der Waals surface area contributed by atoms with Crippen LogP contribution in [-0.4, -0.2) is 29.9 Å². The maximum Gasteiger partial charge on any atom is 0.0782 e. The zero-order valence-corrected chi connectivity index (χ0v) is 11.4. The molecule has 2 atom stereocenters. The number of halogens is 1. The van der Waals surface area contributed by atoms with Crippen LogP contribution in [-0.2, 0) is 0 Å². The van der Waals surface area contributed by atoms with E-state index in [0.717, 1.165) is 15.7 Å². The molecule has 0 amide bonds. The molecule has 0 aliphatic heterocycles. The molecule has 2 N–H and O–H groups in total. The maximum atomic E-state index is 9.70. The molecule has 90 valence electrons. The number of rotatable bonds is 4. The predicted octanol–water partition coefficient (Wildman–Crippen LogP) is 2.32. The number of hydrogen-bond acceptors (Lipinski definition) is 3. The summed E-state index contributed by atoms with van der Waals surface area (Å²) in [5.41, 5.74) is 1.80. The first-order valence-corrected chi connectivity index (χ1v) is 6.08.